The van der Waals surface area contributed by atoms with Crippen molar-refractivity contribution < 1.29 is 19.8 Å². The van der Waals surface area contributed by atoms with Gasteiger partial charge in [0, 0.05) is 25.9 Å². The summed E-state index contributed by atoms with van der Waals surface area (Å²) in [4.78, 5) is 27.8. The molecule has 0 radical (unpaired) electrons. The molecule has 0 saturated heterocycles. The number of aliphatic hydroxyl groups is 1. The molecule has 1 heterocycles. The van der Waals surface area contributed by atoms with E-state index in [0.717, 1.165) is 0 Å². The van der Waals surface area contributed by atoms with Crippen molar-refractivity contribution in [3.8, 4) is 0 Å². The van der Waals surface area contributed by atoms with E-state index in [-0.39, 0.29) is 6.54 Å². The van der Waals surface area contributed by atoms with Gasteiger partial charge in [0.15, 0.2) is 6.10 Å². The predicted octanol–water partition coefficient (Wildman–Crippen LogP) is -0.677. The second-order valence-corrected chi connectivity index (χ2v) is 3.86. The Morgan fingerprint density at radius 3 is 2.72 bits per heavy atom. The number of amides is 1. The molecule has 3 N–H and O–H groups in total. The van der Waals surface area contributed by atoms with E-state index in [1.165, 1.54) is 12.3 Å². The number of nitrogens with one attached hydrogen (secondary N) is 1. The maximum Gasteiger partial charge on any atom is 0.334 e. The first-order valence-electron chi connectivity index (χ1n) is 5.24. The minimum Gasteiger partial charge on any atom is -0.479 e. The van der Waals surface area contributed by atoms with Crippen LogP contribution >= 0.6 is 0 Å². The Bertz CT molecular complexity index is 448. The lowest BCUT2D eigenvalue weighted by atomic mass is 10.2. The number of carboxylic acid groups (broad SMARTS) is 1. The Hall–Kier alpha value is -2.15. The van der Waals surface area contributed by atoms with Crippen molar-refractivity contribution in [1.82, 2.24) is 10.3 Å². The van der Waals surface area contributed by atoms with Gasteiger partial charge in [0.05, 0.1) is 6.54 Å². The molecule has 1 aromatic heterocycles. The fourth-order valence-corrected chi connectivity index (χ4v) is 1.18. The summed E-state index contributed by atoms with van der Waals surface area (Å²) >= 11 is 0. The number of carboxylic acids is 1. The van der Waals surface area contributed by atoms with Crippen LogP contribution in [0.5, 0.6) is 0 Å². The number of aliphatic carboxylic acids is 1. The molecule has 7 heteroatoms. The molecule has 0 aliphatic heterocycles. The highest BCUT2D eigenvalue weighted by atomic mass is 16.4. The highest BCUT2D eigenvalue weighted by Gasteiger charge is 2.15. The van der Waals surface area contributed by atoms with Crippen molar-refractivity contribution in [2.45, 2.75) is 6.10 Å². The number of rotatable bonds is 5. The van der Waals surface area contributed by atoms with Crippen molar-refractivity contribution in [2.24, 2.45) is 0 Å². The maximum absolute atomic E-state index is 11.7. The number of carbonyl (C=O) groups excluding carboxylic acids is 1. The molecule has 0 unspecified atom stereocenters. The molecular weight excluding hydrogens is 238 g/mol. The molecule has 0 aliphatic carbocycles. The molecule has 7 nitrogen and oxygen atoms in total. The van der Waals surface area contributed by atoms with Gasteiger partial charge in [-0.1, -0.05) is 0 Å². The molecular formula is C11H15N3O4. The van der Waals surface area contributed by atoms with E-state index in [9.17, 15) is 9.59 Å². The standard InChI is InChI=1S/C11H15N3O4/c1-14(2)9-5-7(3-4-12-9)10(16)13-6-8(15)11(17)18/h3-5,8,15H,6H2,1-2H3,(H,13,16)(H,17,18)/t8-/m0/s1. The number of aliphatic hydroxyl groups excluding tert-OH is 1. The minimum absolute atomic E-state index is 0.339. The van der Waals surface area contributed by atoms with Crippen LogP contribution in [0.25, 0.3) is 0 Å². The second kappa shape index (κ2) is 5.97. The van der Waals surface area contributed by atoms with Crippen LogP contribution in [0.15, 0.2) is 18.3 Å². The van der Waals surface area contributed by atoms with Crippen LogP contribution in [0.3, 0.4) is 0 Å². The number of aromatic nitrogens is 1. The quantitative estimate of drug-likeness (QED) is 0.642. The molecule has 98 valence electrons. The van der Waals surface area contributed by atoms with Gasteiger partial charge >= 0.3 is 5.97 Å². The normalized spacial score (nSPS) is 11.7. The number of carbonyl (C=O) groups is 2. The molecule has 1 aromatic rings. The van der Waals surface area contributed by atoms with E-state index < -0.39 is 18.0 Å². The minimum atomic E-state index is -1.61. The molecule has 1 rings (SSSR count). The van der Waals surface area contributed by atoms with E-state index in [1.54, 1.807) is 25.1 Å². The Kier molecular flexibility index (Phi) is 4.61. The van der Waals surface area contributed by atoms with Gasteiger partial charge in [-0.15, -0.1) is 0 Å². The van der Waals surface area contributed by atoms with Crippen LogP contribution in [-0.2, 0) is 4.79 Å². The molecule has 1 amide bonds. The fourth-order valence-electron chi connectivity index (χ4n) is 1.18. The fraction of sp³-hybridized carbons (Fsp3) is 0.364. The van der Waals surface area contributed by atoms with Crippen LogP contribution in [-0.4, -0.2) is 53.8 Å². The summed E-state index contributed by atoms with van der Waals surface area (Å²) in [6, 6.07) is 3.08. The Morgan fingerprint density at radius 2 is 2.17 bits per heavy atom. The molecule has 0 bridgehead atoms. The predicted molar refractivity (Wildman–Crippen MR) is 64.5 cm³/mol. The lowest BCUT2D eigenvalue weighted by Crippen LogP contribution is -2.36. The largest absolute Gasteiger partial charge is 0.479 e. The first kappa shape index (κ1) is 13.9. The Labute approximate surface area is 104 Å². The van der Waals surface area contributed by atoms with Crippen molar-refractivity contribution in [2.75, 3.05) is 25.5 Å². The third-order valence-electron chi connectivity index (χ3n) is 2.21. The number of nitrogens with zero attached hydrogens (tertiary/aromatic N) is 2. The summed E-state index contributed by atoms with van der Waals surface area (Å²) in [6.45, 7) is -0.339. The van der Waals surface area contributed by atoms with Crippen molar-refractivity contribution >= 4 is 17.7 Å². The van der Waals surface area contributed by atoms with Crippen molar-refractivity contribution in [1.29, 1.82) is 0 Å². The SMILES string of the molecule is CN(C)c1cc(C(=O)NC[C@H](O)C(=O)O)ccn1. The van der Waals surface area contributed by atoms with Crippen LogP contribution < -0.4 is 10.2 Å². The summed E-state index contributed by atoms with van der Waals surface area (Å²) in [7, 11) is 3.58. The molecule has 0 aromatic carbocycles. The van der Waals surface area contributed by atoms with Gasteiger partial charge < -0.3 is 20.4 Å². The first-order valence-corrected chi connectivity index (χ1v) is 5.24. The zero-order valence-corrected chi connectivity index (χ0v) is 10.1. The smallest absolute Gasteiger partial charge is 0.334 e. The number of pyridine rings is 1. The molecule has 0 spiro atoms. The summed E-state index contributed by atoms with van der Waals surface area (Å²) in [5.41, 5.74) is 0.353. The third kappa shape index (κ3) is 3.70. The highest BCUT2D eigenvalue weighted by Crippen LogP contribution is 2.09. The van der Waals surface area contributed by atoms with Gasteiger partial charge in [0.2, 0.25) is 0 Å². The molecule has 18 heavy (non-hydrogen) atoms. The van der Waals surface area contributed by atoms with Gasteiger partial charge in [-0.25, -0.2) is 9.78 Å². The van der Waals surface area contributed by atoms with Crippen LogP contribution in [0.4, 0.5) is 5.82 Å². The molecule has 0 fully saturated rings. The number of anilines is 1. The average molecular weight is 253 g/mol. The van der Waals surface area contributed by atoms with E-state index in [1.807, 2.05) is 0 Å². The van der Waals surface area contributed by atoms with Gasteiger partial charge in [-0.05, 0) is 12.1 Å². The Morgan fingerprint density at radius 1 is 1.50 bits per heavy atom. The first-order chi connectivity index (χ1) is 8.41. The van der Waals surface area contributed by atoms with Crippen LogP contribution in [0, 0.1) is 0 Å². The molecule has 1 atom stereocenters. The lowest BCUT2D eigenvalue weighted by Gasteiger charge is -2.12. The third-order valence-corrected chi connectivity index (χ3v) is 2.21. The maximum atomic E-state index is 11.7. The zero-order valence-electron chi connectivity index (χ0n) is 10.1. The number of hydrogen-bond donors (Lipinski definition) is 3. The summed E-state index contributed by atoms with van der Waals surface area (Å²) < 4.78 is 0. The summed E-state index contributed by atoms with van der Waals surface area (Å²) in [6.07, 6.45) is -0.123. The number of hydrogen-bond acceptors (Lipinski definition) is 5. The topological polar surface area (TPSA) is 103 Å². The summed E-state index contributed by atoms with van der Waals surface area (Å²) in [5, 5.41) is 19.8. The van der Waals surface area contributed by atoms with E-state index in [2.05, 4.69) is 10.3 Å². The van der Waals surface area contributed by atoms with Crippen molar-refractivity contribution in [3.63, 3.8) is 0 Å². The van der Waals surface area contributed by atoms with E-state index in [4.69, 9.17) is 10.2 Å². The monoisotopic (exact) mass is 253 g/mol. The van der Waals surface area contributed by atoms with Crippen LogP contribution in [0.2, 0.25) is 0 Å². The lowest BCUT2D eigenvalue weighted by molar-refractivity contribution is -0.146. The Balaban J connectivity index is 2.67. The van der Waals surface area contributed by atoms with Gasteiger partial charge in [0.25, 0.3) is 5.91 Å². The second-order valence-electron chi connectivity index (χ2n) is 3.86. The van der Waals surface area contributed by atoms with E-state index in [0.29, 0.717) is 11.4 Å². The highest BCUT2D eigenvalue weighted by molar-refractivity contribution is 5.95. The molecule has 0 aliphatic rings. The summed E-state index contributed by atoms with van der Waals surface area (Å²) in [5.74, 6) is -1.22. The molecule has 0 saturated carbocycles. The van der Waals surface area contributed by atoms with Crippen LogP contribution in [0.1, 0.15) is 10.4 Å². The van der Waals surface area contributed by atoms with Gasteiger partial charge in [0.1, 0.15) is 5.82 Å². The zero-order chi connectivity index (χ0) is 13.7. The van der Waals surface area contributed by atoms with Gasteiger partial charge in [-0.2, -0.15) is 0 Å². The average Bonchev–Trinajstić information content (AvgIpc) is 2.35. The van der Waals surface area contributed by atoms with Gasteiger partial charge in [-0.3, -0.25) is 4.79 Å². The van der Waals surface area contributed by atoms with E-state index >= 15 is 0 Å². The van der Waals surface area contributed by atoms with Crippen molar-refractivity contribution in [3.05, 3.63) is 23.9 Å².